The third kappa shape index (κ3) is 4.73. The maximum atomic E-state index is 12.5. The molecule has 1 fully saturated rings. The molecule has 1 aromatic carbocycles. The first-order valence-corrected chi connectivity index (χ1v) is 9.50. The van der Waals surface area contributed by atoms with Gasteiger partial charge in [0.2, 0.25) is 11.8 Å². The third-order valence-corrected chi connectivity index (χ3v) is 5.10. The highest BCUT2D eigenvalue weighted by Gasteiger charge is 2.23. The molecule has 0 saturated carbocycles. The smallest absolute Gasteiger partial charge is 0.246 e. The van der Waals surface area contributed by atoms with Gasteiger partial charge in [0.05, 0.1) is 13.5 Å². The number of piperazine rings is 1. The Bertz CT molecular complexity index is 778. The zero-order valence-electron chi connectivity index (χ0n) is 14.8. The second kappa shape index (κ2) is 8.67. The molecule has 1 aliphatic heterocycles. The Morgan fingerprint density at radius 2 is 1.92 bits per heavy atom. The first-order valence-electron chi connectivity index (χ1n) is 8.55. The van der Waals surface area contributed by atoms with Gasteiger partial charge in [-0.15, -0.1) is 0 Å². The highest BCUT2D eigenvalue weighted by molar-refractivity contribution is 7.08. The van der Waals surface area contributed by atoms with Gasteiger partial charge in [-0.25, -0.2) is 0 Å². The monoisotopic (exact) mass is 370 g/mol. The lowest BCUT2D eigenvalue weighted by Crippen LogP contribution is -2.50. The minimum atomic E-state index is -0.00362. The normalized spacial score (nSPS) is 14.7. The summed E-state index contributed by atoms with van der Waals surface area (Å²) in [6.07, 6.45) is 3.79. The summed E-state index contributed by atoms with van der Waals surface area (Å²) >= 11 is 1.61. The van der Waals surface area contributed by atoms with E-state index in [-0.39, 0.29) is 11.8 Å². The molecule has 0 spiro atoms. The molecular weight excluding hydrogens is 348 g/mol. The quantitative estimate of drug-likeness (QED) is 0.761. The number of benzene rings is 1. The largest absolute Gasteiger partial charge is 0.497 e. The molecule has 0 N–H and O–H groups in total. The molecule has 26 heavy (non-hydrogen) atoms. The fourth-order valence-corrected chi connectivity index (χ4v) is 3.52. The fraction of sp³-hybridized carbons (Fsp3) is 0.300. The van der Waals surface area contributed by atoms with Crippen LogP contribution in [0.25, 0.3) is 6.08 Å². The summed E-state index contributed by atoms with van der Waals surface area (Å²) in [5, 5.41) is 3.98. The van der Waals surface area contributed by atoms with E-state index in [1.54, 1.807) is 29.4 Å². The van der Waals surface area contributed by atoms with Gasteiger partial charge in [-0.05, 0) is 46.2 Å². The molecular formula is C20H22N2O3S. The number of thiophene rings is 1. The van der Waals surface area contributed by atoms with Gasteiger partial charge in [0, 0.05) is 32.3 Å². The fourth-order valence-electron chi connectivity index (χ4n) is 2.89. The van der Waals surface area contributed by atoms with Gasteiger partial charge >= 0.3 is 0 Å². The molecule has 2 amide bonds. The van der Waals surface area contributed by atoms with Crippen molar-refractivity contribution < 1.29 is 14.3 Å². The summed E-state index contributed by atoms with van der Waals surface area (Å²) in [5.74, 6) is 0.832. The Hall–Kier alpha value is -2.60. The number of hydrogen-bond acceptors (Lipinski definition) is 4. The Morgan fingerprint density at radius 3 is 2.62 bits per heavy atom. The third-order valence-electron chi connectivity index (χ3n) is 4.40. The summed E-state index contributed by atoms with van der Waals surface area (Å²) < 4.78 is 5.20. The molecule has 2 heterocycles. The van der Waals surface area contributed by atoms with Crippen LogP contribution in [0.15, 0.2) is 47.2 Å². The van der Waals surface area contributed by atoms with Crippen molar-refractivity contribution in [1.82, 2.24) is 9.80 Å². The van der Waals surface area contributed by atoms with Crippen LogP contribution in [0, 0.1) is 0 Å². The summed E-state index contributed by atoms with van der Waals surface area (Å²) in [5.41, 5.74) is 1.97. The number of rotatable bonds is 5. The minimum Gasteiger partial charge on any atom is -0.497 e. The van der Waals surface area contributed by atoms with Crippen LogP contribution in [0.1, 0.15) is 11.1 Å². The van der Waals surface area contributed by atoms with Gasteiger partial charge in [0.25, 0.3) is 0 Å². The SMILES string of the molecule is COc1cccc(CC(=O)N2CCN(C(=O)/C=C/c3ccsc3)CC2)c1. The summed E-state index contributed by atoms with van der Waals surface area (Å²) in [6, 6.07) is 9.53. The topological polar surface area (TPSA) is 49.9 Å². The molecule has 0 radical (unpaired) electrons. The van der Waals surface area contributed by atoms with Crippen LogP contribution >= 0.6 is 11.3 Å². The number of hydrogen-bond donors (Lipinski definition) is 0. The minimum absolute atomic E-state index is 0.00362. The van der Waals surface area contributed by atoms with Crippen molar-refractivity contribution in [3.05, 3.63) is 58.3 Å². The van der Waals surface area contributed by atoms with E-state index in [2.05, 4.69) is 0 Å². The predicted molar refractivity (Wildman–Crippen MR) is 103 cm³/mol. The molecule has 0 aliphatic carbocycles. The van der Waals surface area contributed by atoms with Crippen molar-refractivity contribution in [2.24, 2.45) is 0 Å². The predicted octanol–water partition coefficient (Wildman–Crippen LogP) is 2.68. The van der Waals surface area contributed by atoms with Crippen LogP contribution in [-0.2, 0) is 16.0 Å². The second-order valence-electron chi connectivity index (χ2n) is 6.12. The maximum absolute atomic E-state index is 12.5. The number of methoxy groups -OCH3 is 1. The Morgan fingerprint density at radius 1 is 1.15 bits per heavy atom. The Labute approximate surface area is 157 Å². The van der Waals surface area contributed by atoms with E-state index < -0.39 is 0 Å². The van der Waals surface area contributed by atoms with E-state index in [9.17, 15) is 9.59 Å². The number of amides is 2. The zero-order valence-corrected chi connectivity index (χ0v) is 15.6. The highest BCUT2D eigenvalue weighted by Crippen LogP contribution is 2.15. The van der Waals surface area contributed by atoms with E-state index >= 15 is 0 Å². The van der Waals surface area contributed by atoms with Crippen LogP contribution in [0.2, 0.25) is 0 Å². The van der Waals surface area contributed by atoms with Crippen LogP contribution in [0.4, 0.5) is 0 Å². The number of ether oxygens (including phenoxy) is 1. The lowest BCUT2D eigenvalue weighted by atomic mass is 10.1. The van der Waals surface area contributed by atoms with Gasteiger partial charge in [-0.3, -0.25) is 9.59 Å². The lowest BCUT2D eigenvalue weighted by molar-refractivity contribution is -0.136. The van der Waals surface area contributed by atoms with E-state index in [1.807, 2.05) is 52.1 Å². The summed E-state index contributed by atoms with van der Waals surface area (Å²) in [4.78, 5) is 28.4. The second-order valence-corrected chi connectivity index (χ2v) is 6.90. The molecule has 1 aromatic heterocycles. The molecule has 1 aliphatic rings. The average molecular weight is 370 g/mol. The highest BCUT2D eigenvalue weighted by atomic mass is 32.1. The van der Waals surface area contributed by atoms with Crippen LogP contribution < -0.4 is 4.74 Å². The van der Waals surface area contributed by atoms with Crippen LogP contribution in [-0.4, -0.2) is 54.9 Å². The summed E-state index contributed by atoms with van der Waals surface area (Å²) in [6.45, 7) is 2.27. The Balaban J connectivity index is 1.49. The molecule has 5 nitrogen and oxygen atoms in total. The van der Waals surface area contributed by atoms with Crippen molar-refractivity contribution in [3.8, 4) is 5.75 Å². The van der Waals surface area contributed by atoms with Crippen molar-refractivity contribution in [1.29, 1.82) is 0 Å². The molecule has 6 heteroatoms. The van der Waals surface area contributed by atoms with E-state index in [1.165, 1.54) is 0 Å². The van der Waals surface area contributed by atoms with E-state index in [4.69, 9.17) is 4.74 Å². The molecule has 0 bridgehead atoms. The average Bonchev–Trinajstić information content (AvgIpc) is 3.20. The van der Waals surface area contributed by atoms with Crippen LogP contribution in [0.3, 0.4) is 0 Å². The number of nitrogens with zero attached hydrogens (tertiary/aromatic N) is 2. The van der Waals surface area contributed by atoms with Crippen LogP contribution in [0.5, 0.6) is 5.75 Å². The summed E-state index contributed by atoms with van der Waals surface area (Å²) in [7, 11) is 1.62. The zero-order chi connectivity index (χ0) is 18.4. The van der Waals surface area contributed by atoms with Crippen molar-refractivity contribution in [2.75, 3.05) is 33.3 Å². The van der Waals surface area contributed by atoms with Gasteiger partial charge < -0.3 is 14.5 Å². The molecule has 0 atom stereocenters. The number of carbonyl (C=O) groups is 2. The van der Waals surface area contributed by atoms with Gasteiger partial charge in [-0.1, -0.05) is 12.1 Å². The van der Waals surface area contributed by atoms with Crippen molar-refractivity contribution in [2.45, 2.75) is 6.42 Å². The molecule has 1 saturated heterocycles. The molecule has 0 unspecified atom stereocenters. The molecule has 136 valence electrons. The van der Waals surface area contributed by atoms with E-state index in [0.717, 1.165) is 16.9 Å². The standard InChI is InChI=1S/C20H22N2O3S/c1-25-18-4-2-3-17(13-18)14-20(24)22-10-8-21(9-11-22)19(23)6-5-16-7-12-26-15-16/h2-7,12-13,15H,8-11,14H2,1H3/b6-5+. The lowest BCUT2D eigenvalue weighted by Gasteiger charge is -2.34. The van der Waals surface area contributed by atoms with E-state index in [0.29, 0.717) is 32.6 Å². The van der Waals surface area contributed by atoms with Gasteiger partial charge in [-0.2, -0.15) is 11.3 Å². The number of carbonyl (C=O) groups excluding carboxylic acids is 2. The first kappa shape index (κ1) is 18.2. The first-order chi connectivity index (χ1) is 12.7. The van der Waals surface area contributed by atoms with Gasteiger partial charge in [0.1, 0.15) is 5.75 Å². The van der Waals surface area contributed by atoms with Gasteiger partial charge in [0.15, 0.2) is 0 Å². The maximum Gasteiger partial charge on any atom is 0.246 e. The Kier molecular flexibility index (Phi) is 6.07. The molecule has 2 aromatic rings. The van der Waals surface area contributed by atoms with Crippen molar-refractivity contribution >= 4 is 29.2 Å². The van der Waals surface area contributed by atoms with Crippen molar-refractivity contribution in [3.63, 3.8) is 0 Å². The molecule has 3 rings (SSSR count).